The van der Waals surface area contributed by atoms with Crippen molar-refractivity contribution in [1.82, 2.24) is 14.4 Å². The van der Waals surface area contributed by atoms with E-state index in [0.717, 1.165) is 18.6 Å². The maximum Gasteiger partial charge on any atom is 0.276 e. The molecule has 1 aliphatic heterocycles. The number of aromatic nitrogens is 2. The Kier molecular flexibility index (Phi) is 3.67. The molecule has 2 aromatic rings. The highest BCUT2D eigenvalue weighted by Gasteiger charge is 2.58. The lowest BCUT2D eigenvalue weighted by molar-refractivity contribution is 0.249. The molecule has 4 rings (SSSR count). The highest BCUT2D eigenvalue weighted by molar-refractivity contribution is 7.86. The monoisotopic (exact) mass is 370 g/mol. The van der Waals surface area contributed by atoms with Crippen LogP contribution in [0.15, 0.2) is 22.7 Å². The van der Waals surface area contributed by atoms with Gasteiger partial charge in [-0.15, -0.1) is 0 Å². The summed E-state index contributed by atoms with van der Waals surface area (Å²) in [6.07, 6.45) is 2.17. The van der Waals surface area contributed by atoms with Gasteiger partial charge in [0.2, 0.25) is 0 Å². The van der Waals surface area contributed by atoms with E-state index in [1.165, 1.54) is 10.4 Å². The van der Waals surface area contributed by atoms with E-state index < -0.39 is 21.8 Å². The van der Waals surface area contributed by atoms with Gasteiger partial charge in [0.15, 0.2) is 5.82 Å². The quantitative estimate of drug-likeness (QED) is 0.887. The zero-order valence-electron chi connectivity index (χ0n) is 13.2. The van der Waals surface area contributed by atoms with Gasteiger partial charge >= 0.3 is 0 Å². The minimum absolute atomic E-state index is 0.0107. The van der Waals surface area contributed by atoms with Crippen LogP contribution in [0.5, 0.6) is 0 Å². The second kappa shape index (κ2) is 5.55. The number of nitrogens with two attached hydrogens (primary N) is 1. The highest BCUT2D eigenvalue weighted by atomic mass is 32.2. The lowest BCUT2D eigenvalue weighted by atomic mass is 9.92. The summed E-state index contributed by atoms with van der Waals surface area (Å²) in [5.74, 6) is -0.902. The Bertz CT molecular complexity index is 923. The number of hydrogen-bond acceptors (Lipinski definition) is 5. The first-order valence-corrected chi connectivity index (χ1v) is 9.36. The Labute approximate surface area is 143 Å². The fourth-order valence-corrected chi connectivity index (χ4v) is 4.29. The van der Waals surface area contributed by atoms with E-state index in [0.29, 0.717) is 31.8 Å². The Hall–Kier alpha value is -1.91. The largest absolute Gasteiger partial charge is 0.334 e. The van der Waals surface area contributed by atoms with Gasteiger partial charge in [-0.1, -0.05) is 5.16 Å². The Balaban J connectivity index is 1.50. The maximum atomic E-state index is 13.8. The molecule has 0 radical (unpaired) electrons. The van der Waals surface area contributed by atoms with Crippen molar-refractivity contribution in [3.05, 3.63) is 35.7 Å². The van der Waals surface area contributed by atoms with Gasteiger partial charge in [0.25, 0.3) is 16.1 Å². The zero-order chi connectivity index (χ0) is 17.8. The molecule has 134 valence electrons. The van der Waals surface area contributed by atoms with Crippen molar-refractivity contribution in [3.63, 3.8) is 0 Å². The van der Waals surface area contributed by atoms with E-state index in [4.69, 9.17) is 9.66 Å². The molecule has 0 bridgehead atoms. The molecule has 0 unspecified atom stereocenters. The molecule has 1 spiro atoms. The average molecular weight is 370 g/mol. The third-order valence-corrected chi connectivity index (χ3v) is 6.27. The number of halogens is 2. The fraction of sp³-hybridized carbons (Fsp3) is 0.467. The molecule has 0 amide bonds. The van der Waals surface area contributed by atoms with Gasteiger partial charge in [-0.2, -0.15) is 17.7 Å². The van der Waals surface area contributed by atoms with Crippen molar-refractivity contribution in [2.24, 2.45) is 10.6 Å². The predicted octanol–water partition coefficient (Wildman–Crippen LogP) is 1.79. The van der Waals surface area contributed by atoms with Gasteiger partial charge in [-0.05, 0) is 36.8 Å². The van der Waals surface area contributed by atoms with Crippen molar-refractivity contribution >= 4 is 10.2 Å². The summed E-state index contributed by atoms with van der Waals surface area (Å²) >= 11 is 0. The first kappa shape index (κ1) is 16.6. The van der Waals surface area contributed by atoms with Crippen LogP contribution in [-0.4, -0.2) is 36.0 Å². The van der Waals surface area contributed by atoms with E-state index in [-0.39, 0.29) is 22.8 Å². The summed E-state index contributed by atoms with van der Waals surface area (Å²) in [6, 6.07) is 3.15. The van der Waals surface area contributed by atoms with E-state index >= 15 is 0 Å². The molecule has 25 heavy (non-hydrogen) atoms. The Morgan fingerprint density at radius 2 is 2.00 bits per heavy atom. The van der Waals surface area contributed by atoms with Crippen LogP contribution in [0.3, 0.4) is 0 Å². The van der Waals surface area contributed by atoms with Gasteiger partial charge < -0.3 is 4.52 Å². The number of piperidine rings is 1. The molecule has 1 aromatic carbocycles. The zero-order valence-corrected chi connectivity index (χ0v) is 14.0. The standard InChI is InChI=1S/C15H16F2N4O3S/c16-9-1-2-10(12(17)7-9)14-19-13(20-24-14)11-8-15(11)3-5-21(6-4-15)25(18,22)23/h1-2,7,11H,3-6,8H2,(H2,18,22,23)/t11-/m0/s1. The van der Waals surface area contributed by atoms with Crippen molar-refractivity contribution in [1.29, 1.82) is 0 Å². The van der Waals surface area contributed by atoms with E-state index in [1.54, 1.807) is 0 Å². The summed E-state index contributed by atoms with van der Waals surface area (Å²) in [5, 5.41) is 9.09. The number of hydrogen-bond donors (Lipinski definition) is 1. The third-order valence-electron chi connectivity index (χ3n) is 5.18. The average Bonchev–Trinajstić information content (AvgIpc) is 3.02. The van der Waals surface area contributed by atoms with Crippen LogP contribution in [0.2, 0.25) is 0 Å². The minimum Gasteiger partial charge on any atom is -0.334 e. The second-order valence-corrected chi connectivity index (χ2v) is 8.19. The van der Waals surface area contributed by atoms with Crippen molar-refractivity contribution < 1.29 is 21.7 Å². The van der Waals surface area contributed by atoms with Crippen molar-refractivity contribution in [2.75, 3.05) is 13.1 Å². The van der Waals surface area contributed by atoms with Crippen LogP contribution in [0.4, 0.5) is 8.78 Å². The van der Waals surface area contributed by atoms with Crippen molar-refractivity contribution in [3.8, 4) is 11.5 Å². The number of nitrogens with zero attached hydrogens (tertiary/aromatic N) is 3. The number of rotatable bonds is 3. The smallest absolute Gasteiger partial charge is 0.276 e. The molecule has 2 aliphatic rings. The molecule has 1 saturated heterocycles. The molecule has 1 saturated carbocycles. The molecule has 2 fully saturated rings. The Morgan fingerprint density at radius 1 is 1.28 bits per heavy atom. The fourth-order valence-electron chi connectivity index (χ4n) is 3.60. The molecular weight excluding hydrogens is 354 g/mol. The summed E-state index contributed by atoms with van der Waals surface area (Å²) in [5.41, 5.74) is 0.00262. The lowest BCUT2D eigenvalue weighted by Crippen LogP contribution is -2.43. The maximum absolute atomic E-state index is 13.8. The molecule has 10 heteroatoms. The molecular formula is C15H16F2N4O3S. The topological polar surface area (TPSA) is 102 Å². The van der Waals surface area contributed by atoms with Gasteiger partial charge in [0.1, 0.15) is 11.6 Å². The normalized spacial score (nSPS) is 23.1. The van der Waals surface area contributed by atoms with E-state index in [1.807, 2.05) is 0 Å². The van der Waals surface area contributed by atoms with Gasteiger partial charge in [-0.25, -0.2) is 13.9 Å². The third kappa shape index (κ3) is 2.94. The highest BCUT2D eigenvalue weighted by Crippen LogP contribution is 2.64. The van der Waals surface area contributed by atoms with Crippen LogP contribution in [0, 0.1) is 17.0 Å². The van der Waals surface area contributed by atoms with Gasteiger partial charge in [-0.3, -0.25) is 0 Å². The van der Waals surface area contributed by atoms with Gasteiger partial charge in [0, 0.05) is 25.1 Å². The summed E-state index contributed by atoms with van der Waals surface area (Å²) in [7, 11) is -3.66. The molecule has 1 atom stereocenters. The summed E-state index contributed by atoms with van der Waals surface area (Å²) < 4.78 is 56.0. The van der Waals surface area contributed by atoms with E-state index in [2.05, 4.69) is 10.1 Å². The SMILES string of the molecule is NS(=O)(=O)N1CCC2(CC1)C[C@H]2c1noc(-c2ccc(F)cc2F)n1. The van der Waals surface area contributed by atoms with E-state index in [9.17, 15) is 17.2 Å². The van der Waals surface area contributed by atoms with Crippen LogP contribution >= 0.6 is 0 Å². The van der Waals surface area contributed by atoms with Crippen LogP contribution in [-0.2, 0) is 10.2 Å². The van der Waals surface area contributed by atoms with Crippen LogP contribution < -0.4 is 5.14 Å². The molecule has 2 heterocycles. The summed E-state index contributed by atoms with van der Waals surface area (Å²) in [6.45, 7) is 0.735. The van der Waals surface area contributed by atoms with Gasteiger partial charge in [0.05, 0.1) is 5.56 Å². The minimum atomic E-state index is -3.66. The first-order valence-electron chi connectivity index (χ1n) is 7.85. The molecule has 2 N–H and O–H groups in total. The van der Waals surface area contributed by atoms with Crippen LogP contribution in [0.25, 0.3) is 11.5 Å². The number of benzene rings is 1. The Morgan fingerprint density at radius 3 is 2.64 bits per heavy atom. The molecule has 7 nitrogen and oxygen atoms in total. The van der Waals surface area contributed by atoms with Crippen LogP contribution in [0.1, 0.15) is 31.0 Å². The predicted molar refractivity (Wildman–Crippen MR) is 83.4 cm³/mol. The summed E-state index contributed by atoms with van der Waals surface area (Å²) in [4.78, 5) is 4.25. The second-order valence-electron chi connectivity index (χ2n) is 6.64. The lowest BCUT2D eigenvalue weighted by Gasteiger charge is -2.30. The molecule has 1 aliphatic carbocycles. The first-order chi connectivity index (χ1) is 11.8. The molecule has 1 aromatic heterocycles. The van der Waals surface area contributed by atoms with Crippen molar-refractivity contribution in [2.45, 2.75) is 25.2 Å².